The monoisotopic (exact) mass is 262 g/mol. The molecule has 1 aromatic rings. The second-order valence-corrected chi connectivity index (χ2v) is 4.58. The molecule has 2 rings (SSSR count). The van der Waals surface area contributed by atoms with Gasteiger partial charge in [-0.15, -0.1) is 0 Å². The predicted molar refractivity (Wildman–Crippen MR) is 70.9 cm³/mol. The first-order valence-electron chi connectivity index (χ1n) is 6.37. The lowest BCUT2D eigenvalue weighted by Crippen LogP contribution is -2.36. The van der Waals surface area contributed by atoms with Crippen LogP contribution in [0.25, 0.3) is 0 Å². The van der Waals surface area contributed by atoms with Crippen molar-refractivity contribution in [2.45, 2.75) is 25.3 Å². The van der Waals surface area contributed by atoms with Gasteiger partial charge in [0.1, 0.15) is 5.75 Å². The summed E-state index contributed by atoms with van der Waals surface area (Å²) < 4.78 is 5.24. The molecule has 0 saturated carbocycles. The Bertz CT molecular complexity index is 474. The van der Waals surface area contributed by atoms with Gasteiger partial charge in [0, 0.05) is 19.4 Å². The summed E-state index contributed by atoms with van der Waals surface area (Å²) >= 11 is 0. The molecule has 1 fully saturated rings. The van der Waals surface area contributed by atoms with Gasteiger partial charge >= 0.3 is 0 Å². The van der Waals surface area contributed by atoms with Crippen molar-refractivity contribution in [2.75, 3.05) is 13.7 Å². The van der Waals surface area contributed by atoms with E-state index in [1.165, 1.54) is 0 Å². The van der Waals surface area contributed by atoms with Crippen molar-refractivity contribution < 1.29 is 14.3 Å². The van der Waals surface area contributed by atoms with E-state index in [0.29, 0.717) is 25.8 Å². The maximum atomic E-state index is 11.8. The molecule has 1 unspecified atom stereocenters. The molecular formula is C14H18N2O3. The van der Waals surface area contributed by atoms with E-state index >= 15 is 0 Å². The van der Waals surface area contributed by atoms with Crippen molar-refractivity contribution in [3.05, 3.63) is 29.8 Å². The van der Waals surface area contributed by atoms with Crippen LogP contribution in [0.1, 0.15) is 18.4 Å². The maximum absolute atomic E-state index is 11.8. The first kappa shape index (κ1) is 13.4. The molecule has 1 aliphatic heterocycles. The van der Waals surface area contributed by atoms with Gasteiger partial charge in [-0.1, -0.05) is 18.2 Å². The van der Waals surface area contributed by atoms with Crippen LogP contribution in [0.3, 0.4) is 0 Å². The van der Waals surface area contributed by atoms with Gasteiger partial charge in [0.2, 0.25) is 11.8 Å². The number of nitrogens with one attached hydrogen (secondary N) is 2. The Morgan fingerprint density at radius 1 is 1.47 bits per heavy atom. The Balaban J connectivity index is 1.81. The van der Waals surface area contributed by atoms with Crippen molar-refractivity contribution >= 4 is 11.8 Å². The zero-order chi connectivity index (χ0) is 13.7. The number of methoxy groups -OCH3 is 1. The Morgan fingerprint density at radius 3 is 2.95 bits per heavy atom. The third kappa shape index (κ3) is 3.71. The number of carbonyl (C=O) groups is 2. The lowest BCUT2D eigenvalue weighted by atomic mass is 10.1. The van der Waals surface area contributed by atoms with Crippen molar-refractivity contribution in [1.29, 1.82) is 0 Å². The summed E-state index contributed by atoms with van der Waals surface area (Å²) in [6.07, 6.45) is 1.40. The molecule has 1 heterocycles. The van der Waals surface area contributed by atoms with Gasteiger partial charge in [0.25, 0.3) is 0 Å². The summed E-state index contributed by atoms with van der Waals surface area (Å²) in [6, 6.07) is 7.59. The van der Waals surface area contributed by atoms with Crippen LogP contribution in [0, 0.1) is 0 Å². The van der Waals surface area contributed by atoms with Gasteiger partial charge in [-0.25, -0.2) is 0 Å². The van der Waals surface area contributed by atoms with E-state index in [1.807, 2.05) is 24.3 Å². The molecule has 19 heavy (non-hydrogen) atoms. The Morgan fingerprint density at radius 2 is 2.26 bits per heavy atom. The molecule has 1 aromatic carbocycles. The van der Waals surface area contributed by atoms with E-state index in [2.05, 4.69) is 10.6 Å². The van der Waals surface area contributed by atoms with Crippen LogP contribution in [0.4, 0.5) is 0 Å². The number of para-hydroxylation sites is 1. The Kier molecular flexibility index (Phi) is 4.39. The van der Waals surface area contributed by atoms with Gasteiger partial charge in [-0.3, -0.25) is 9.59 Å². The minimum Gasteiger partial charge on any atom is -0.496 e. The predicted octanol–water partition coefficient (Wildman–Crippen LogP) is 0.632. The first-order valence-corrected chi connectivity index (χ1v) is 6.37. The smallest absolute Gasteiger partial charge is 0.222 e. The summed E-state index contributed by atoms with van der Waals surface area (Å²) in [5.41, 5.74) is 1.01. The van der Waals surface area contributed by atoms with E-state index in [9.17, 15) is 9.59 Å². The quantitative estimate of drug-likeness (QED) is 0.818. The normalized spacial score (nSPS) is 17.9. The molecule has 0 bridgehead atoms. The van der Waals surface area contributed by atoms with Crippen molar-refractivity contribution in [1.82, 2.24) is 10.6 Å². The second kappa shape index (κ2) is 6.22. The number of benzene rings is 1. The maximum Gasteiger partial charge on any atom is 0.222 e. The van der Waals surface area contributed by atoms with Gasteiger partial charge in [-0.05, 0) is 18.1 Å². The number of aryl methyl sites for hydroxylation is 1. The van der Waals surface area contributed by atoms with Gasteiger partial charge in [-0.2, -0.15) is 0 Å². The van der Waals surface area contributed by atoms with Crippen LogP contribution in [0.5, 0.6) is 5.75 Å². The minimum atomic E-state index is -0.0716. The highest BCUT2D eigenvalue weighted by molar-refractivity contribution is 5.82. The van der Waals surface area contributed by atoms with Crippen molar-refractivity contribution in [3.63, 3.8) is 0 Å². The SMILES string of the molecule is COc1ccccc1CCC(=O)NC1CNC(=O)C1. The summed E-state index contributed by atoms with van der Waals surface area (Å²) in [6.45, 7) is 0.527. The highest BCUT2D eigenvalue weighted by Crippen LogP contribution is 2.18. The van der Waals surface area contributed by atoms with Crippen LogP contribution < -0.4 is 15.4 Å². The number of ether oxygens (including phenoxy) is 1. The van der Waals surface area contributed by atoms with Gasteiger partial charge in [0.05, 0.1) is 13.2 Å². The summed E-state index contributed by atoms with van der Waals surface area (Å²) in [4.78, 5) is 22.8. The average Bonchev–Trinajstić information content (AvgIpc) is 2.82. The molecule has 0 aliphatic carbocycles. The Labute approximate surface area is 112 Å². The average molecular weight is 262 g/mol. The zero-order valence-electron chi connectivity index (χ0n) is 10.9. The van der Waals surface area contributed by atoms with Crippen LogP contribution in [-0.2, 0) is 16.0 Å². The fraction of sp³-hybridized carbons (Fsp3) is 0.429. The molecule has 1 atom stereocenters. The van der Waals surface area contributed by atoms with E-state index in [4.69, 9.17) is 4.74 Å². The molecule has 5 nitrogen and oxygen atoms in total. The third-order valence-electron chi connectivity index (χ3n) is 3.16. The second-order valence-electron chi connectivity index (χ2n) is 4.58. The largest absolute Gasteiger partial charge is 0.496 e. The van der Waals surface area contributed by atoms with Crippen LogP contribution in [0.2, 0.25) is 0 Å². The first-order chi connectivity index (χ1) is 9.19. The lowest BCUT2D eigenvalue weighted by molar-refractivity contribution is -0.121. The lowest BCUT2D eigenvalue weighted by Gasteiger charge is -2.11. The standard InChI is InChI=1S/C14H18N2O3/c1-19-12-5-3-2-4-10(12)6-7-13(17)16-11-8-14(18)15-9-11/h2-5,11H,6-9H2,1H3,(H,15,18)(H,16,17). The molecule has 2 amide bonds. The van der Waals surface area contributed by atoms with E-state index in [-0.39, 0.29) is 17.9 Å². The van der Waals surface area contributed by atoms with Gasteiger partial charge < -0.3 is 15.4 Å². The van der Waals surface area contributed by atoms with Gasteiger partial charge in [0.15, 0.2) is 0 Å². The molecule has 0 radical (unpaired) electrons. The molecule has 0 spiro atoms. The third-order valence-corrected chi connectivity index (χ3v) is 3.16. The van der Waals surface area contributed by atoms with Crippen molar-refractivity contribution in [3.8, 4) is 5.75 Å². The van der Waals surface area contributed by atoms with E-state index in [0.717, 1.165) is 11.3 Å². The van der Waals surface area contributed by atoms with Crippen molar-refractivity contribution in [2.24, 2.45) is 0 Å². The topological polar surface area (TPSA) is 67.4 Å². The summed E-state index contributed by atoms with van der Waals surface area (Å²) in [5, 5.41) is 5.55. The Hall–Kier alpha value is -2.04. The number of hydrogen-bond donors (Lipinski definition) is 2. The molecule has 1 aliphatic rings. The number of carbonyl (C=O) groups excluding carboxylic acids is 2. The molecule has 5 heteroatoms. The van der Waals surface area contributed by atoms with Crippen LogP contribution in [0.15, 0.2) is 24.3 Å². The fourth-order valence-electron chi connectivity index (χ4n) is 2.16. The fourth-order valence-corrected chi connectivity index (χ4v) is 2.16. The number of rotatable bonds is 5. The zero-order valence-corrected chi connectivity index (χ0v) is 10.9. The number of amides is 2. The van der Waals surface area contributed by atoms with Crippen LogP contribution >= 0.6 is 0 Å². The van der Waals surface area contributed by atoms with Crippen LogP contribution in [-0.4, -0.2) is 31.5 Å². The van der Waals surface area contributed by atoms with E-state index in [1.54, 1.807) is 7.11 Å². The number of hydrogen-bond acceptors (Lipinski definition) is 3. The molecule has 2 N–H and O–H groups in total. The van der Waals surface area contributed by atoms with E-state index < -0.39 is 0 Å². The summed E-state index contributed by atoms with van der Waals surface area (Å²) in [5.74, 6) is 0.760. The summed E-state index contributed by atoms with van der Waals surface area (Å²) in [7, 11) is 1.62. The highest BCUT2D eigenvalue weighted by atomic mass is 16.5. The minimum absolute atomic E-state index is 0.00460. The molecule has 1 saturated heterocycles. The molecular weight excluding hydrogens is 244 g/mol. The molecule has 102 valence electrons. The highest BCUT2D eigenvalue weighted by Gasteiger charge is 2.22. The molecule has 0 aromatic heterocycles.